The minimum atomic E-state index is -0.843. The third-order valence-electron chi connectivity index (χ3n) is 5.11. The lowest BCUT2D eigenvalue weighted by Crippen LogP contribution is -2.26. The van der Waals surface area contributed by atoms with Crippen LogP contribution in [0.1, 0.15) is 30.7 Å². The Balaban J connectivity index is 2.14. The van der Waals surface area contributed by atoms with E-state index in [1.165, 1.54) is 5.56 Å². The third kappa shape index (κ3) is 3.88. The second-order valence-corrected chi connectivity index (χ2v) is 8.44. The Morgan fingerprint density at radius 3 is 2.44 bits per heavy atom. The summed E-state index contributed by atoms with van der Waals surface area (Å²) in [4.78, 5) is 11.7. The second-order valence-electron chi connectivity index (χ2n) is 7.53. The van der Waals surface area contributed by atoms with Crippen molar-refractivity contribution in [3.05, 3.63) is 63.8 Å². The van der Waals surface area contributed by atoms with Gasteiger partial charge in [-0.2, -0.15) is 0 Å². The fourth-order valence-corrected chi connectivity index (χ4v) is 3.64. The van der Waals surface area contributed by atoms with Crippen molar-refractivity contribution < 1.29 is 14.6 Å². The lowest BCUT2D eigenvalue weighted by Gasteiger charge is -2.19. The van der Waals surface area contributed by atoms with Crippen molar-refractivity contribution in [2.75, 3.05) is 7.11 Å². The van der Waals surface area contributed by atoms with E-state index in [9.17, 15) is 9.90 Å². The molecule has 0 amide bonds. The summed E-state index contributed by atoms with van der Waals surface area (Å²) in [6, 6.07) is 14.3. The highest BCUT2D eigenvalue weighted by molar-refractivity contribution is 9.10. The number of carbonyl (C=O) groups is 1. The number of nitrogens with zero attached hydrogens (tertiary/aromatic N) is 1. The van der Waals surface area contributed by atoms with Crippen molar-refractivity contribution in [3.63, 3.8) is 0 Å². The number of benzene rings is 2. The van der Waals surface area contributed by atoms with Crippen LogP contribution in [0.4, 0.5) is 0 Å². The molecule has 3 rings (SSSR count). The molecule has 142 valence electrons. The summed E-state index contributed by atoms with van der Waals surface area (Å²) in [7, 11) is 1.65. The standard InChI is InChI=1S/C22H24BrNO3/c1-14-19(12-22(2,3)21(25)26)18-11-17(27-4)9-10-20(18)24(14)13-15-5-7-16(23)8-6-15/h5-11H,12-13H2,1-4H3,(H,25,26). The molecule has 27 heavy (non-hydrogen) atoms. The smallest absolute Gasteiger partial charge is 0.309 e. The minimum absolute atomic E-state index is 0.463. The van der Waals surface area contributed by atoms with E-state index in [1.54, 1.807) is 21.0 Å². The van der Waals surface area contributed by atoms with Crippen LogP contribution < -0.4 is 4.74 Å². The number of fused-ring (bicyclic) bond motifs is 1. The number of methoxy groups -OCH3 is 1. The van der Waals surface area contributed by atoms with Gasteiger partial charge >= 0.3 is 5.97 Å². The monoisotopic (exact) mass is 429 g/mol. The van der Waals surface area contributed by atoms with E-state index in [-0.39, 0.29) is 0 Å². The van der Waals surface area contributed by atoms with E-state index in [0.29, 0.717) is 6.42 Å². The van der Waals surface area contributed by atoms with Gasteiger partial charge in [-0.25, -0.2) is 0 Å². The van der Waals surface area contributed by atoms with Gasteiger partial charge in [0, 0.05) is 27.6 Å². The Hall–Kier alpha value is -2.27. The Morgan fingerprint density at radius 2 is 1.85 bits per heavy atom. The van der Waals surface area contributed by atoms with E-state index in [1.807, 2.05) is 24.3 Å². The first-order chi connectivity index (χ1) is 12.7. The highest BCUT2D eigenvalue weighted by Crippen LogP contribution is 2.34. The van der Waals surface area contributed by atoms with Crippen molar-refractivity contribution in [1.82, 2.24) is 4.57 Å². The molecule has 1 heterocycles. The van der Waals surface area contributed by atoms with Crippen LogP contribution in [0, 0.1) is 12.3 Å². The molecular formula is C22H24BrNO3. The minimum Gasteiger partial charge on any atom is -0.497 e. The van der Waals surface area contributed by atoms with Crippen molar-refractivity contribution >= 4 is 32.8 Å². The summed E-state index contributed by atoms with van der Waals surface area (Å²) in [5, 5.41) is 10.7. The number of ether oxygens (including phenoxy) is 1. The van der Waals surface area contributed by atoms with Gasteiger partial charge in [0.05, 0.1) is 12.5 Å². The number of carboxylic acid groups (broad SMARTS) is 1. The first-order valence-electron chi connectivity index (χ1n) is 8.86. The van der Waals surface area contributed by atoms with Crippen LogP contribution in [0.25, 0.3) is 10.9 Å². The van der Waals surface area contributed by atoms with Crippen LogP contribution in [-0.4, -0.2) is 22.8 Å². The Kier molecular flexibility index (Phi) is 5.33. The van der Waals surface area contributed by atoms with Crippen molar-refractivity contribution in [2.45, 2.75) is 33.7 Å². The highest BCUT2D eigenvalue weighted by Gasteiger charge is 2.30. The summed E-state index contributed by atoms with van der Waals surface area (Å²) in [5.74, 6) is -0.0173. The maximum absolute atomic E-state index is 11.7. The number of hydrogen-bond acceptors (Lipinski definition) is 2. The zero-order chi connectivity index (χ0) is 19.8. The van der Waals surface area contributed by atoms with Crippen LogP contribution in [0.3, 0.4) is 0 Å². The number of halogens is 1. The number of carboxylic acids is 1. The Morgan fingerprint density at radius 1 is 1.19 bits per heavy atom. The molecule has 2 aromatic carbocycles. The maximum Gasteiger partial charge on any atom is 0.309 e. The molecule has 0 spiro atoms. The molecule has 1 aromatic heterocycles. The average Bonchev–Trinajstić information content (AvgIpc) is 2.88. The number of aliphatic carboxylic acids is 1. The van der Waals surface area contributed by atoms with Crippen molar-refractivity contribution in [1.29, 1.82) is 0 Å². The number of aromatic nitrogens is 1. The first kappa shape index (κ1) is 19.5. The van der Waals surface area contributed by atoms with Crippen LogP contribution in [-0.2, 0) is 17.8 Å². The van der Waals surface area contributed by atoms with Gasteiger partial charge in [-0.1, -0.05) is 28.1 Å². The molecule has 0 saturated heterocycles. The zero-order valence-corrected chi connectivity index (χ0v) is 17.6. The Bertz CT molecular complexity index is 987. The van der Waals surface area contributed by atoms with E-state index < -0.39 is 11.4 Å². The molecule has 0 aliphatic carbocycles. The molecule has 0 aliphatic heterocycles. The molecule has 0 radical (unpaired) electrons. The zero-order valence-electron chi connectivity index (χ0n) is 16.0. The summed E-state index contributed by atoms with van der Waals surface area (Å²) in [6.45, 7) is 6.34. The van der Waals surface area contributed by atoms with E-state index in [0.717, 1.165) is 38.9 Å². The normalized spacial score (nSPS) is 11.7. The van der Waals surface area contributed by atoms with E-state index in [4.69, 9.17) is 4.74 Å². The predicted octanol–water partition coefficient (Wildman–Crippen LogP) is 5.42. The molecular weight excluding hydrogens is 406 g/mol. The largest absolute Gasteiger partial charge is 0.497 e. The fraction of sp³-hybridized carbons (Fsp3) is 0.318. The Labute approximate surface area is 167 Å². The van der Waals surface area contributed by atoms with Gasteiger partial charge in [-0.3, -0.25) is 4.79 Å². The lowest BCUT2D eigenvalue weighted by atomic mass is 9.85. The van der Waals surface area contributed by atoms with Crippen LogP contribution in [0.15, 0.2) is 46.9 Å². The highest BCUT2D eigenvalue weighted by atomic mass is 79.9. The van der Waals surface area contributed by atoms with Gasteiger partial charge < -0.3 is 14.4 Å². The van der Waals surface area contributed by atoms with Gasteiger partial charge in [0.25, 0.3) is 0 Å². The summed E-state index contributed by atoms with van der Waals surface area (Å²) < 4.78 is 8.71. The molecule has 0 fully saturated rings. The molecule has 5 heteroatoms. The first-order valence-corrected chi connectivity index (χ1v) is 9.66. The molecule has 1 N–H and O–H groups in total. The number of rotatable bonds is 6. The van der Waals surface area contributed by atoms with Gasteiger partial charge in [-0.05, 0) is 68.7 Å². The van der Waals surface area contributed by atoms with E-state index >= 15 is 0 Å². The molecule has 0 bridgehead atoms. The summed E-state index contributed by atoms with van der Waals surface area (Å²) in [6.07, 6.45) is 0.463. The molecule has 0 saturated carbocycles. The second kappa shape index (κ2) is 7.39. The lowest BCUT2D eigenvalue weighted by molar-refractivity contribution is -0.146. The average molecular weight is 430 g/mol. The van der Waals surface area contributed by atoms with Crippen LogP contribution in [0.2, 0.25) is 0 Å². The predicted molar refractivity (Wildman–Crippen MR) is 112 cm³/mol. The van der Waals surface area contributed by atoms with Crippen LogP contribution in [0.5, 0.6) is 5.75 Å². The third-order valence-corrected chi connectivity index (χ3v) is 5.64. The van der Waals surface area contributed by atoms with Crippen molar-refractivity contribution in [2.24, 2.45) is 5.41 Å². The fourth-order valence-electron chi connectivity index (χ4n) is 3.37. The molecule has 0 atom stereocenters. The molecule has 0 unspecified atom stereocenters. The van der Waals surface area contributed by atoms with Gasteiger partial charge in [-0.15, -0.1) is 0 Å². The molecule has 0 aliphatic rings. The van der Waals surface area contributed by atoms with Crippen molar-refractivity contribution in [3.8, 4) is 5.75 Å². The number of hydrogen-bond donors (Lipinski definition) is 1. The van der Waals surface area contributed by atoms with Gasteiger partial charge in [0.15, 0.2) is 0 Å². The van der Waals surface area contributed by atoms with E-state index in [2.05, 4.69) is 45.6 Å². The molecule has 3 aromatic rings. The maximum atomic E-state index is 11.7. The SMILES string of the molecule is COc1ccc2c(c1)c(CC(C)(C)C(=O)O)c(C)n2Cc1ccc(Br)cc1. The topological polar surface area (TPSA) is 51.5 Å². The van der Waals surface area contributed by atoms with Gasteiger partial charge in [0.2, 0.25) is 0 Å². The summed E-state index contributed by atoms with van der Waals surface area (Å²) in [5.41, 5.74) is 3.60. The quantitative estimate of drug-likeness (QED) is 0.568. The van der Waals surface area contributed by atoms with Gasteiger partial charge in [0.1, 0.15) is 5.75 Å². The molecule has 4 nitrogen and oxygen atoms in total. The van der Waals surface area contributed by atoms with Crippen LogP contribution >= 0.6 is 15.9 Å². The summed E-state index contributed by atoms with van der Waals surface area (Å²) >= 11 is 3.48.